The van der Waals surface area contributed by atoms with Crippen LogP contribution in [0.4, 0.5) is 11.4 Å². The molecule has 1 saturated heterocycles. The summed E-state index contributed by atoms with van der Waals surface area (Å²) in [6.45, 7) is 2.69. The van der Waals surface area contributed by atoms with Crippen molar-refractivity contribution in [1.29, 1.82) is 0 Å². The third-order valence-electron chi connectivity index (χ3n) is 5.70. The Morgan fingerprint density at radius 3 is 2.28 bits per heavy atom. The minimum atomic E-state index is -0.738. The molecule has 32 heavy (non-hydrogen) atoms. The first-order chi connectivity index (χ1) is 15.6. The molecule has 7 heteroatoms. The standard InChI is InChI=1S/C25H33N3O4/c1-31-21-13-14-23(32-2)22(18-21)27-25(30)24(29)26-15-7-8-19-9-11-20(12-10-19)28-16-5-3-4-6-17-28/h9-14,18H,3-8,15-17H2,1-2H3,(H,26,29)(H,27,30). The first kappa shape index (κ1) is 23.4. The van der Waals surface area contributed by atoms with E-state index in [2.05, 4.69) is 39.8 Å². The van der Waals surface area contributed by atoms with E-state index in [1.165, 1.54) is 51.2 Å². The minimum Gasteiger partial charge on any atom is -0.497 e. The summed E-state index contributed by atoms with van der Waals surface area (Å²) >= 11 is 0. The number of benzene rings is 2. The molecule has 0 saturated carbocycles. The molecule has 0 bridgehead atoms. The van der Waals surface area contributed by atoms with Gasteiger partial charge in [-0.2, -0.15) is 0 Å². The topological polar surface area (TPSA) is 79.9 Å². The number of nitrogens with zero attached hydrogens (tertiary/aromatic N) is 1. The Morgan fingerprint density at radius 2 is 1.62 bits per heavy atom. The second-order valence-electron chi connectivity index (χ2n) is 7.95. The van der Waals surface area contributed by atoms with Gasteiger partial charge in [-0.15, -0.1) is 0 Å². The molecule has 2 aromatic rings. The van der Waals surface area contributed by atoms with Crippen LogP contribution in [0.5, 0.6) is 11.5 Å². The zero-order valence-corrected chi connectivity index (χ0v) is 19.0. The van der Waals surface area contributed by atoms with E-state index < -0.39 is 11.8 Å². The molecule has 2 N–H and O–H groups in total. The molecule has 2 amide bonds. The molecule has 1 fully saturated rings. The molecule has 1 aliphatic rings. The van der Waals surface area contributed by atoms with E-state index in [0.717, 1.165) is 25.9 Å². The summed E-state index contributed by atoms with van der Waals surface area (Å²) < 4.78 is 10.4. The van der Waals surface area contributed by atoms with Crippen LogP contribution >= 0.6 is 0 Å². The Balaban J connectivity index is 1.42. The number of anilines is 2. The second kappa shape index (κ2) is 12.0. The maximum atomic E-state index is 12.2. The molecule has 2 aromatic carbocycles. The number of nitrogens with one attached hydrogen (secondary N) is 2. The summed E-state index contributed by atoms with van der Waals surface area (Å²) in [6, 6.07) is 13.7. The molecule has 0 radical (unpaired) electrons. The monoisotopic (exact) mass is 439 g/mol. The molecule has 3 rings (SSSR count). The van der Waals surface area contributed by atoms with Gasteiger partial charge >= 0.3 is 11.8 Å². The molecular formula is C25H33N3O4. The molecule has 1 aliphatic heterocycles. The van der Waals surface area contributed by atoms with Gasteiger partial charge in [0.05, 0.1) is 19.9 Å². The van der Waals surface area contributed by atoms with E-state index in [1.807, 2.05) is 0 Å². The predicted molar refractivity (Wildman–Crippen MR) is 127 cm³/mol. The lowest BCUT2D eigenvalue weighted by molar-refractivity contribution is -0.136. The first-order valence-electron chi connectivity index (χ1n) is 11.3. The van der Waals surface area contributed by atoms with Crippen molar-refractivity contribution < 1.29 is 19.1 Å². The second-order valence-corrected chi connectivity index (χ2v) is 7.95. The molecule has 0 unspecified atom stereocenters. The van der Waals surface area contributed by atoms with Gasteiger partial charge in [0.15, 0.2) is 0 Å². The fourth-order valence-corrected chi connectivity index (χ4v) is 3.87. The normalized spacial score (nSPS) is 13.8. The van der Waals surface area contributed by atoms with Crippen molar-refractivity contribution in [2.24, 2.45) is 0 Å². The van der Waals surface area contributed by atoms with Crippen LogP contribution in [0.3, 0.4) is 0 Å². The smallest absolute Gasteiger partial charge is 0.313 e. The summed E-state index contributed by atoms with van der Waals surface area (Å²) in [7, 11) is 3.03. The Hall–Kier alpha value is -3.22. The van der Waals surface area contributed by atoms with Gasteiger partial charge in [-0.05, 0) is 55.5 Å². The van der Waals surface area contributed by atoms with Gasteiger partial charge in [-0.25, -0.2) is 0 Å². The van der Waals surface area contributed by atoms with Crippen LogP contribution in [0, 0.1) is 0 Å². The van der Waals surface area contributed by atoms with Crippen molar-refractivity contribution >= 4 is 23.2 Å². The summed E-state index contributed by atoms with van der Waals surface area (Å²) in [4.78, 5) is 26.9. The molecule has 172 valence electrons. The quantitative estimate of drug-likeness (QED) is 0.483. The molecule has 0 aromatic heterocycles. The molecule has 0 spiro atoms. The number of amides is 2. The van der Waals surface area contributed by atoms with E-state index in [4.69, 9.17) is 9.47 Å². The number of hydrogen-bond donors (Lipinski definition) is 2. The lowest BCUT2D eigenvalue weighted by atomic mass is 10.1. The first-order valence-corrected chi connectivity index (χ1v) is 11.3. The van der Waals surface area contributed by atoms with Crippen LogP contribution in [-0.2, 0) is 16.0 Å². The van der Waals surface area contributed by atoms with Crippen LogP contribution in [0.25, 0.3) is 0 Å². The van der Waals surface area contributed by atoms with E-state index in [9.17, 15) is 9.59 Å². The van der Waals surface area contributed by atoms with Gasteiger partial charge in [0, 0.05) is 31.4 Å². The largest absolute Gasteiger partial charge is 0.497 e. The van der Waals surface area contributed by atoms with Gasteiger partial charge < -0.3 is 25.0 Å². The van der Waals surface area contributed by atoms with Crippen molar-refractivity contribution in [3.8, 4) is 11.5 Å². The fraction of sp³-hybridized carbons (Fsp3) is 0.440. The highest BCUT2D eigenvalue weighted by Gasteiger charge is 2.16. The number of carbonyl (C=O) groups excluding carboxylic acids is 2. The Labute approximate surface area is 190 Å². The molecule has 0 atom stereocenters. The lowest BCUT2D eigenvalue weighted by Crippen LogP contribution is -2.36. The number of methoxy groups -OCH3 is 2. The molecule has 0 aliphatic carbocycles. The maximum Gasteiger partial charge on any atom is 0.313 e. The summed E-state index contributed by atoms with van der Waals surface area (Å²) in [6.07, 6.45) is 6.77. The van der Waals surface area contributed by atoms with Gasteiger partial charge in [0.2, 0.25) is 0 Å². The highest BCUT2D eigenvalue weighted by atomic mass is 16.5. The van der Waals surface area contributed by atoms with Crippen LogP contribution in [0.1, 0.15) is 37.7 Å². The zero-order chi connectivity index (χ0) is 22.8. The highest BCUT2D eigenvalue weighted by molar-refractivity contribution is 6.39. The lowest BCUT2D eigenvalue weighted by Gasteiger charge is -2.22. The maximum absolute atomic E-state index is 12.2. The van der Waals surface area contributed by atoms with Crippen molar-refractivity contribution in [2.75, 3.05) is 44.1 Å². The average molecular weight is 440 g/mol. The number of hydrogen-bond acceptors (Lipinski definition) is 5. The predicted octanol–water partition coefficient (Wildman–Crippen LogP) is 3.77. The Kier molecular flexibility index (Phi) is 8.78. The molecular weight excluding hydrogens is 406 g/mol. The van der Waals surface area contributed by atoms with E-state index in [0.29, 0.717) is 23.7 Å². The Bertz CT molecular complexity index is 891. The third-order valence-corrected chi connectivity index (χ3v) is 5.70. The van der Waals surface area contributed by atoms with Gasteiger partial charge in [-0.1, -0.05) is 25.0 Å². The SMILES string of the molecule is COc1ccc(OC)c(NC(=O)C(=O)NCCCc2ccc(N3CCCCCC3)cc2)c1. The summed E-state index contributed by atoms with van der Waals surface area (Å²) in [5.74, 6) is -0.399. The van der Waals surface area contributed by atoms with Crippen molar-refractivity contribution in [2.45, 2.75) is 38.5 Å². The number of rotatable bonds is 8. The van der Waals surface area contributed by atoms with Crippen LogP contribution in [-0.4, -0.2) is 45.7 Å². The number of carbonyl (C=O) groups is 2. The minimum absolute atomic E-state index is 0.386. The third kappa shape index (κ3) is 6.64. The summed E-state index contributed by atoms with van der Waals surface area (Å²) in [5, 5.41) is 5.25. The van der Waals surface area contributed by atoms with Crippen LogP contribution in [0.2, 0.25) is 0 Å². The van der Waals surface area contributed by atoms with Crippen molar-refractivity contribution in [3.05, 3.63) is 48.0 Å². The van der Waals surface area contributed by atoms with Crippen molar-refractivity contribution in [3.63, 3.8) is 0 Å². The number of aryl methyl sites for hydroxylation is 1. The van der Waals surface area contributed by atoms with Gasteiger partial charge in [-0.3, -0.25) is 9.59 Å². The molecule has 1 heterocycles. The van der Waals surface area contributed by atoms with E-state index in [1.54, 1.807) is 18.2 Å². The number of ether oxygens (including phenoxy) is 2. The van der Waals surface area contributed by atoms with Crippen molar-refractivity contribution in [1.82, 2.24) is 5.32 Å². The van der Waals surface area contributed by atoms with Crippen LogP contribution < -0.4 is 25.0 Å². The fourth-order valence-electron chi connectivity index (χ4n) is 3.87. The van der Waals surface area contributed by atoms with E-state index in [-0.39, 0.29) is 0 Å². The highest BCUT2D eigenvalue weighted by Crippen LogP contribution is 2.28. The molecule has 7 nitrogen and oxygen atoms in total. The average Bonchev–Trinajstić information content (AvgIpc) is 3.11. The zero-order valence-electron chi connectivity index (χ0n) is 19.0. The van der Waals surface area contributed by atoms with E-state index >= 15 is 0 Å². The Morgan fingerprint density at radius 1 is 0.906 bits per heavy atom. The van der Waals surface area contributed by atoms with Gasteiger partial charge in [0.25, 0.3) is 0 Å². The van der Waals surface area contributed by atoms with Gasteiger partial charge in [0.1, 0.15) is 11.5 Å². The van der Waals surface area contributed by atoms with Crippen LogP contribution in [0.15, 0.2) is 42.5 Å². The summed E-state index contributed by atoms with van der Waals surface area (Å²) in [5.41, 5.74) is 2.90.